The molecule has 0 spiro atoms. The van der Waals surface area contributed by atoms with Crippen LogP contribution in [-0.4, -0.2) is 18.6 Å². The second-order valence-corrected chi connectivity index (χ2v) is 5.07. The highest BCUT2D eigenvalue weighted by molar-refractivity contribution is 6.20. The Morgan fingerprint density at radius 2 is 2.31 bits per heavy atom. The van der Waals surface area contributed by atoms with Gasteiger partial charge in [0.25, 0.3) is 0 Å². The minimum absolute atomic E-state index is 0.428. The van der Waals surface area contributed by atoms with Crippen molar-refractivity contribution in [1.29, 1.82) is 0 Å². The van der Waals surface area contributed by atoms with E-state index in [1.54, 1.807) is 0 Å². The molecule has 0 saturated heterocycles. The lowest BCUT2D eigenvalue weighted by atomic mass is 9.84. The van der Waals surface area contributed by atoms with Gasteiger partial charge in [-0.2, -0.15) is 0 Å². The van der Waals surface area contributed by atoms with Gasteiger partial charge < -0.3 is 4.74 Å². The fourth-order valence-electron chi connectivity index (χ4n) is 2.22. The first-order valence-electron chi connectivity index (χ1n) is 5.38. The standard InChI is InChI=1S/C11H21ClO/c1-3-13-8-4-6-11(2)7-5-10(12)9-11/h10H,3-9H2,1-2H3. The lowest BCUT2D eigenvalue weighted by Gasteiger charge is -2.23. The molecule has 0 bridgehead atoms. The molecule has 0 aromatic carbocycles. The summed E-state index contributed by atoms with van der Waals surface area (Å²) < 4.78 is 5.33. The number of ether oxygens (including phenoxy) is 1. The predicted molar refractivity (Wildman–Crippen MR) is 57.3 cm³/mol. The maximum absolute atomic E-state index is 6.11. The van der Waals surface area contributed by atoms with Gasteiger partial charge in [0.05, 0.1) is 0 Å². The Morgan fingerprint density at radius 3 is 2.85 bits per heavy atom. The highest BCUT2D eigenvalue weighted by Gasteiger charge is 2.33. The van der Waals surface area contributed by atoms with Crippen LogP contribution in [0.2, 0.25) is 0 Å². The van der Waals surface area contributed by atoms with Crippen LogP contribution >= 0.6 is 11.6 Å². The molecule has 1 rings (SSSR count). The van der Waals surface area contributed by atoms with E-state index >= 15 is 0 Å². The predicted octanol–water partition coefficient (Wildman–Crippen LogP) is 3.60. The molecular formula is C11H21ClO. The zero-order valence-corrected chi connectivity index (χ0v) is 9.57. The van der Waals surface area contributed by atoms with Gasteiger partial charge >= 0.3 is 0 Å². The molecule has 0 aromatic heterocycles. The van der Waals surface area contributed by atoms with E-state index in [0.717, 1.165) is 13.2 Å². The summed E-state index contributed by atoms with van der Waals surface area (Å²) in [5.41, 5.74) is 0.503. The SMILES string of the molecule is CCOCCCC1(C)CCC(Cl)C1. The Kier molecular flexibility index (Phi) is 4.54. The molecule has 0 aromatic rings. The maximum Gasteiger partial charge on any atom is 0.0466 e. The van der Waals surface area contributed by atoms with Gasteiger partial charge in [-0.05, 0) is 44.4 Å². The van der Waals surface area contributed by atoms with E-state index in [-0.39, 0.29) is 0 Å². The number of rotatable bonds is 5. The molecule has 1 aliphatic rings. The topological polar surface area (TPSA) is 9.23 Å². The van der Waals surface area contributed by atoms with E-state index < -0.39 is 0 Å². The van der Waals surface area contributed by atoms with Gasteiger partial charge in [0.2, 0.25) is 0 Å². The summed E-state index contributed by atoms with van der Waals surface area (Å²) in [7, 11) is 0. The van der Waals surface area contributed by atoms with Gasteiger partial charge in [-0.1, -0.05) is 6.92 Å². The fraction of sp³-hybridized carbons (Fsp3) is 1.00. The average Bonchev–Trinajstić information content (AvgIpc) is 2.41. The average molecular weight is 205 g/mol. The first-order chi connectivity index (χ1) is 6.16. The zero-order valence-electron chi connectivity index (χ0n) is 8.81. The van der Waals surface area contributed by atoms with Crippen LogP contribution in [0.3, 0.4) is 0 Å². The second kappa shape index (κ2) is 5.21. The molecule has 0 amide bonds. The second-order valence-electron chi connectivity index (χ2n) is 4.45. The Labute approximate surface area is 86.8 Å². The third-order valence-corrected chi connectivity index (χ3v) is 3.42. The van der Waals surface area contributed by atoms with Crippen molar-refractivity contribution < 1.29 is 4.74 Å². The van der Waals surface area contributed by atoms with Crippen molar-refractivity contribution >= 4 is 11.6 Å². The minimum Gasteiger partial charge on any atom is -0.382 e. The van der Waals surface area contributed by atoms with Crippen molar-refractivity contribution in [2.24, 2.45) is 5.41 Å². The van der Waals surface area contributed by atoms with E-state index in [9.17, 15) is 0 Å². The molecule has 1 fully saturated rings. The number of alkyl halides is 1. The van der Waals surface area contributed by atoms with Crippen molar-refractivity contribution in [3.63, 3.8) is 0 Å². The van der Waals surface area contributed by atoms with E-state index in [2.05, 4.69) is 6.92 Å². The third-order valence-electron chi connectivity index (χ3n) is 3.05. The molecule has 0 aliphatic heterocycles. The maximum atomic E-state index is 6.11. The van der Waals surface area contributed by atoms with E-state index in [1.807, 2.05) is 6.92 Å². The van der Waals surface area contributed by atoms with E-state index in [4.69, 9.17) is 16.3 Å². The molecule has 0 radical (unpaired) electrons. The highest BCUT2D eigenvalue weighted by atomic mass is 35.5. The first-order valence-corrected chi connectivity index (χ1v) is 5.82. The summed E-state index contributed by atoms with van der Waals surface area (Å²) in [5.74, 6) is 0. The highest BCUT2D eigenvalue weighted by Crippen LogP contribution is 2.43. The molecule has 1 saturated carbocycles. The van der Waals surface area contributed by atoms with Crippen molar-refractivity contribution in [3.8, 4) is 0 Å². The molecule has 1 nitrogen and oxygen atoms in total. The summed E-state index contributed by atoms with van der Waals surface area (Å²) in [5, 5.41) is 0.428. The van der Waals surface area contributed by atoms with E-state index in [1.165, 1.54) is 32.1 Å². The third kappa shape index (κ3) is 3.86. The first kappa shape index (κ1) is 11.3. The molecule has 2 atom stereocenters. The molecule has 0 heterocycles. The zero-order chi connectivity index (χ0) is 9.73. The van der Waals surface area contributed by atoms with Gasteiger partial charge in [0.15, 0.2) is 0 Å². The quantitative estimate of drug-likeness (QED) is 0.491. The minimum atomic E-state index is 0.428. The number of halogens is 1. The van der Waals surface area contributed by atoms with Crippen LogP contribution in [0, 0.1) is 5.41 Å². The van der Waals surface area contributed by atoms with Crippen LogP contribution in [0.25, 0.3) is 0 Å². The molecule has 2 unspecified atom stereocenters. The Bertz CT molecular complexity index is 149. The van der Waals surface area contributed by atoms with Crippen molar-refractivity contribution in [3.05, 3.63) is 0 Å². The monoisotopic (exact) mass is 204 g/mol. The molecule has 0 N–H and O–H groups in total. The normalized spacial score (nSPS) is 33.9. The molecular weight excluding hydrogens is 184 g/mol. The molecule has 1 aliphatic carbocycles. The van der Waals surface area contributed by atoms with Gasteiger partial charge in [-0.15, -0.1) is 11.6 Å². The van der Waals surface area contributed by atoms with Gasteiger partial charge in [0.1, 0.15) is 0 Å². The lowest BCUT2D eigenvalue weighted by molar-refractivity contribution is 0.131. The summed E-state index contributed by atoms with van der Waals surface area (Å²) in [4.78, 5) is 0. The summed E-state index contributed by atoms with van der Waals surface area (Å²) in [6.45, 7) is 6.17. The van der Waals surface area contributed by atoms with Gasteiger partial charge in [0, 0.05) is 18.6 Å². The Balaban J connectivity index is 2.12. The smallest absolute Gasteiger partial charge is 0.0466 e. The van der Waals surface area contributed by atoms with Crippen LogP contribution in [0.1, 0.15) is 46.0 Å². The van der Waals surface area contributed by atoms with Crippen molar-refractivity contribution in [2.45, 2.75) is 51.3 Å². The van der Waals surface area contributed by atoms with Crippen LogP contribution < -0.4 is 0 Å². The van der Waals surface area contributed by atoms with Crippen molar-refractivity contribution in [1.82, 2.24) is 0 Å². The summed E-state index contributed by atoms with van der Waals surface area (Å²) in [6.07, 6.45) is 6.16. The lowest BCUT2D eigenvalue weighted by Crippen LogP contribution is -2.13. The van der Waals surface area contributed by atoms with Gasteiger partial charge in [-0.25, -0.2) is 0 Å². The molecule has 78 valence electrons. The molecule has 2 heteroatoms. The van der Waals surface area contributed by atoms with Crippen LogP contribution in [-0.2, 0) is 4.74 Å². The van der Waals surface area contributed by atoms with Gasteiger partial charge in [-0.3, -0.25) is 0 Å². The van der Waals surface area contributed by atoms with Crippen LogP contribution in [0.4, 0.5) is 0 Å². The largest absolute Gasteiger partial charge is 0.382 e. The fourth-order valence-corrected chi connectivity index (χ4v) is 2.70. The Hall–Kier alpha value is 0.250. The summed E-state index contributed by atoms with van der Waals surface area (Å²) in [6, 6.07) is 0. The Morgan fingerprint density at radius 1 is 1.54 bits per heavy atom. The summed E-state index contributed by atoms with van der Waals surface area (Å²) >= 11 is 6.11. The number of hydrogen-bond donors (Lipinski definition) is 0. The van der Waals surface area contributed by atoms with Crippen LogP contribution in [0.15, 0.2) is 0 Å². The van der Waals surface area contributed by atoms with E-state index in [0.29, 0.717) is 10.8 Å². The van der Waals surface area contributed by atoms with Crippen LogP contribution in [0.5, 0.6) is 0 Å². The number of hydrogen-bond acceptors (Lipinski definition) is 1. The van der Waals surface area contributed by atoms with Crippen molar-refractivity contribution in [2.75, 3.05) is 13.2 Å². The molecule has 13 heavy (non-hydrogen) atoms.